The molecule has 0 unspecified atom stereocenters. The van der Waals surface area contributed by atoms with Crippen LogP contribution >= 0.6 is 11.3 Å². The number of amides is 1. The Morgan fingerprint density at radius 1 is 1.27 bits per heavy atom. The Bertz CT molecular complexity index is 935. The number of carbonyl (C=O) groups is 1. The number of hydrogen-bond acceptors (Lipinski definition) is 4. The molecule has 1 aromatic carbocycles. The molecule has 0 saturated carbocycles. The predicted molar refractivity (Wildman–Crippen MR) is 106 cm³/mol. The molecule has 2 heterocycles. The van der Waals surface area contributed by atoms with Gasteiger partial charge in [0.1, 0.15) is 16.8 Å². The largest absolute Gasteiger partial charge is 0.306 e. The fraction of sp³-hybridized carbons (Fsp3) is 0.381. The number of thiophene rings is 1. The van der Waals surface area contributed by atoms with E-state index in [1.807, 2.05) is 29.2 Å². The Kier molecular flexibility index (Phi) is 4.60. The summed E-state index contributed by atoms with van der Waals surface area (Å²) in [4.78, 5) is 20.9. The van der Waals surface area contributed by atoms with Gasteiger partial charge in [0, 0.05) is 17.0 Å². The Hall–Kier alpha value is -2.45. The van der Waals surface area contributed by atoms with Crippen LogP contribution in [0.15, 0.2) is 29.3 Å². The van der Waals surface area contributed by atoms with Gasteiger partial charge in [0.2, 0.25) is 0 Å². The fourth-order valence-corrected chi connectivity index (χ4v) is 4.97. The zero-order valence-electron chi connectivity index (χ0n) is 14.9. The van der Waals surface area contributed by atoms with Gasteiger partial charge in [0.25, 0.3) is 5.91 Å². The molecule has 1 aliphatic heterocycles. The number of carbonyl (C=O) groups excluding carboxylic acids is 1. The first kappa shape index (κ1) is 17.0. The Balaban J connectivity index is 1.80. The summed E-state index contributed by atoms with van der Waals surface area (Å²) >= 11 is 1.59. The van der Waals surface area contributed by atoms with Crippen molar-refractivity contribution in [3.05, 3.63) is 45.8 Å². The normalized spacial score (nSPS) is 17.3. The van der Waals surface area contributed by atoms with Gasteiger partial charge in [0.15, 0.2) is 0 Å². The molecular formula is C21H21N3OS. The lowest BCUT2D eigenvalue weighted by Crippen LogP contribution is -2.30. The summed E-state index contributed by atoms with van der Waals surface area (Å²) in [6.45, 7) is 2.83. The van der Waals surface area contributed by atoms with Gasteiger partial charge in [-0.15, -0.1) is 11.3 Å². The fourth-order valence-electron chi connectivity index (χ4n) is 3.76. The highest BCUT2D eigenvalue weighted by Crippen LogP contribution is 2.41. The quantitative estimate of drug-likeness (QED) is 0.786. The highest BCUT2D eigenvalue weighted by molar-refractivity contribution is 7.16. The first-order valence-corrected chi connectivity index (χ1v) is 10.1. The summed E-state index contributed by atoms with van der Waals surface area (Å²) in [5.74, 6) is -0.0464. The van der Waals surface area contributed by atoms with E-state index in [1.165, 1.54) is 11.3 Å². The van der Waals surface area contributed by atoms with Crippen molar-refractivity contribution in [1.29, 1.82) is 5.26 Å². The van der Waals surface area contributed by atoms with Crippen LogP contribution in [-0.2, 0) is 17.6 Å². The van der Waals surface area contributed by atoms with Crippen molar-refractivity contribution < 1.29 is 4.79 Å². The number of nitriles is 1. The third-order valence-electron chi connectivity index (χ3n) is 5.11. The topological polar surface area (TPSA) is 56.5 Å². The number of nitrogens with zero attached hydrogens (tertiary/aromatic N) is 3. The first-order chi connectivity index (χ1) is 12.7. The minimum Gasteiger partial charge on any atom is -0.306 e. The molecule has 4 nitrogen and oxygen atoms in total. The third kappa shape index (κ3) is 2.75. The minimum absolute atomic E-state index is 0.0464. The number of anilines is 1. The molecule has 1 aromatic heterocycles. The molecule has 1 aliphatic carbocycles. The van der Waals surface area contributed by atoms with Crippen molar-refractivity contribution in [2.45, 2.75) is 45.4 Å². The van der Waals surface area contributed by atoms with E-state index in [1.54, 1.807) is 11.3 Å². The van der Waals surface area contributed by atoms with Crippen LogP contribution in [-0.4, -0.2) is 18.2 Å². The van der Waals surface area contributed by atoms with Gasteiger partial charge in [-0.25, -0.2) is 4.99 Å². The van der Waals surface area contributed by atoms with E-state index in [9.17, 15) is 10.1 Å². The van der Waals surface area contributed by atoms with Crippen molar-refractivity contribution in [2.24, 2.45) is 4.99 Å². The molecule has 5 heteroatoms. The van der Waals surface area contributed by atoms with E-state index >= 15 is 0 Å². The molecule has 132 valence electrons. The zero-order valence-corrected chi connectivity index (χ0v) is 15.7. The summed E-state index contributed by atoms with van der Waals surface area (Å²) in [6.07, 6.45) is 6.26. The number of fused-ring (bicyclic) bond motifs is 2. The van der Waals surface area contributed by atoms with Crippen LogP contribution in [0.4, 0.5) is 10.7 Å². The van der Waals surface area contributed by atoms with Crippen molar-refractivity contribution in [1.82, 2.24) is 0 Å². The van der Waals surface area contributed by atoms with Crippen molar-refractivity contribution in [2.75, 3.05) is 11.4 Å². The number of rotatable bonds is 4. The minimum atomic E-state index is -0.0464. The van der Waals surface area contributed by atoms with E-state index in [0.717, 1.165) is 48.9 Å². The van der Waals surface area contributed by atoms with Crippen molar-refractivity contribution >= 4 is 33.6 Å². The van der Waals surface area contributed by atoms with E-state index in [2.05, 4.69) is 13.0 Å². The number of aliphatic imine (C=N–C) groups is 1. The van der Waals surface area contributed by atoms with Crippen LogP contribution < -0.4 is 4.90 Å². The number of unbranched alkanes of at least 4 members (excludes halogenated alkanes) is 1. The molecule has 0 N–H and O–H groups in total. The lowest BCUT2D eigenvalue weighted by atomic mass is 9.96. The number of hydrogen-bond donors (Lipinski definition) is 0. The molecule has 4 rings (SSSR count). The first-order valence-electron chi connectivity index (χ1n) is 9.29. The summed E-state index contributed by atoms with van der Waals surface area (Å²) < 4.78 is 0. The standard InChI is InChI=1S/C21H21N3OS/c1-2-3-12-24-17-10-6-4-9-15(17)19(21(24)25)23-20-16(13-22)14-8-5-7-11-18(14)26-20/h4,6,9-10H,2-3,5,7-8,11-12H2,1H3. The molecule has 0 radical (unpaired) electrons. The second-order valence-electron chi connectivity index (χ2n) is 6.79. The maximum atomic E-state index is 13.0. The SMILES string of the molecule is CCCCN1C(=O)C(=Nc2sc3c(c2C#N)CCCC3)c2ccccc21. The number of benzene rings is 1. The maximum Gasteiger partial charge on any atom is 0.277 e. The van der Waals surface area contributed by atoms with Crippen LogP contribution in [0, 0.1) is 11.3 Å². The molecule has 0 bridgehead atoms. The second kappa shape index (κ2) is 7.05. The molecule has 0 spiro atoms. The van der Waals surface area contributed by atoms with E-state index in [4.69, 9.17) is 4.99 Å². The maximum absolute atomic E-state index is 13.0. The molecule has 2 aliphatic rings. The van der Waals surface area contributed by atoms with Crippen LogP contribution in [0.1, 0.15) is 54.2 Å². The van der Waals surface area contributed by atoms with Crippen LogP contribution in [0.5, 0.6) is 0 Å². The van der Waals surface area contributed by atoms with Gasteiger partial charge in [-0.3, -0.25) is 4.79 Å². The van der Waals surface area contributed by atoms with E-state index in [-0.39, 0.29) is 5.91 Å². The molecule has 1 amide bonds. The summed E-state index contributed by atoms with van der Waals surface area (Å²) in [6, 6.07) is 10.2. The smallest absolute Gasteiger partial charge is 0.277 e. The van der Waals surface area contributed by atoms with Crippen LogP contribution in [0.3, 0.4) is 0 Å². The Morgan fingerprint density at radius 3 is 2.88 bits per heavy atom. The molecule has 0 atom stereocenters. The van der Waals surface area contributed by atoms with Gasteiger partial charge >= 0.3 is 0 Å². The third-order valence-corrected chi connectivity index (χ3v) is 6.30. The molecule has 2 aromatic rings. The lowest BCUT2D eigenvalue weighted by molar-refractivity contribution is -0.112. The van der Waals surface area contributed by atoms with E-state index in [0.29, 0.717) is 22.8 Å². The van der Waals surface area contributed by atoms with Gasteiger partial charge in [-0.2, -0.15) is 5.26 Å². The zero-order chi connectivity index (χ0) is 18.1. The second-order valence-corrected chi connectivity index (χ2v) is 7.87. The Labute approximate surface area is 157 Å². The average molecular weight is 363 g/mol. The van der Waals surface area contributed by atoms with Gasteiger partial charge < -0.3 is 4.90 Å². The number of para-hydroxylation sites is 1. The highest BCUT2D eigenvalue weighted by atomic mass is 32.1. The average Bonchev–Trinajstić information content (AvgIpc) is 3.15. The molecule has 0 saturated heterocycles. The summed E-state index contributed by atoms with van der Waals surface area (Å²) in [7, 11) is 0. The highest BCUT2D eigenvalue weighted by Gasteiger charge is 2.34. The molecule has 26 heavy (non-hydrogen) atoms. The molecular weight excluding hydrogens is 342 g/mol. The summed E-state index contributed by atoms with van der Waals surface area (Å²) in [5, 5.41) is 10.4. The van der Waals surface area contributed by atoms with E-state index < -0.39 is 0 Å². The summed E-state index contributed by atoms with van der Waals surface area (Å²) in [5.41, 5.74) is 4.12. The van der Waals surface area contributed by atoms with Crippen LogP contribution in [0.25, 0.3) is 0 Å². The van der Waals surface area contributed by atoms with Gasteiger partial charge in [0.05, 0.1) is 11.3 Å². The van der Waals surface area contributed by atoms with Crippen molar-refractivity contribution in [3.63, 3.8) is 0 Å². The molecule has 0 fully saturated rings. The number of aryl methyl sites for hydroxylation is 1. The monoisotopic (exact) mass is 363 g/mol. The predicted octanol–water partition coefficient (Wildman–Crippen LogP) is 4.77. The van der Waals surface area contributed by atoms with Gasteiger partial charge in [-0.1, -0.05) is 31.5 Å². The van der Waals surface area contributed by atoms with Gasteiger partial charge in [-0.05, 0) is 43.7 Å². The lowest BCUT2D eigenvalue weighted by Gasteiger charge is -2.15. The van der Waals surface area contributed by atoms with Crippen molar-refractivity contribution in [3.8, 4) is 6.07 Å². The Morgan fingerprint density at radius 2 is 2.08 bits per heavy atom. The van der Waals surface area contributed by atoms with Crippen LogP contribution in [0.2, 0.25) is 0 Å².